The summed E-state index contributed by atoms with van der Waals surface area (Å²) >= 11 is 5.00. The Kier molecular flexibility index (Phi) is 6.23. The Morgan fingerprint density at radius 1 is 1.15 bits per heavy atom. The van der Waals surface area contributed by atoms with Gasteiger partial charge in [0.15, 0.2) is 0 Å². The molecule has 2 aromatic carbocycles. The van der Waals surface area contributed by atoms with E-state index in [0.29, 0.717) is 27.7 Å². The van der Waals surface area contributed by atoms with Crippen molar-refractivity contribution in [3.05, 3.63) is 80.6 Å². The third-order valence-electron chi connectivity index (χ3n) is 6.21. The maximum absolute atomic E-state index is 13.6. The molecule has 1 N–H and O–H groups in total. The molecule has 1 atom stereocenters. The molecule has 1 amide bonds. The number of rotatable bonds is 4. The number of carbonyl (C=O) groups is 2. The van der Waals surface area contributed by atoms with E-state index in [2.05, 4.69) is 28.2 Å². The van der Waals surface area contributed by atoms with Crippen LogP contribution in [-0.4, -0.2) is 24.0 Å². The molecule has 0 spiro atoms. The van der Waals surface area contributed by atoms with Gasteiger partial charge >= 0.3 is 5.97 Å². The van der Waals surface area contributed by atoms with E-state index in [0.717, 1.165) is 50.6 Å². The van der Waals surface area contributed by atoms with Crippen LogP contribution in [0.2, 0.25) is 0 Å². The van der Waals surface area contributed by atoms with Crippen LogP contribution in [0.4, 0.5) is 5.00 Å². The predicted molar refractivity (Wildman–Crippen MR) is 140 cm³/mol. The summed E-state index contributed by atoms with van der Waals surface area (Å²) in [5.41, 5.74) is 4.37. The van der Waals surface area contributed by atoms with Crippen LogP contribution >= 0.6 is 27.3 Å². The monoisotopic (exact) mass is 534 g/mol. The highest BCUT2D eigenvalue weighted by molar-refractivity contribution is 9.10. The molecule has 5 rings (SSSR count). The number of carbonyl (C=O) groups excluding carboxylic acids is 2. The number of methoxy groups -OCH3 is 1. The Labute approximate surface area is 210 Å². The van der Waals surface area contributed by atoms with E-state index < -0.39 is 5.97 Å². The molecule has 0 bridgehead atoms. The van der Waals surface area contributed by atoms with Crippen molar-refractivity contribution in [3.63, 3.8) is 0 Å². The van der Waals surface area contributed by atoms with E-state index in [1.54, 1.807) is 0 Å². The molecule has 1 aliphatic rings. The van der Waals surface area contributed by atoms with Gasteiger partial charge in [0.25, 0.3) is 5.91 Å². The molecule has 2 aromatic heterocycles. The summed E-state index contributed by atoms with van der Waals surface area (Å²) in [6.45, 7) is 2.21. The van der Waals surface area contributed by atoms with Gasteiger partial charge in [-0.15, -0.1) is 11.3 Å². The molecule has 0 saturated carbocycles. The van der Waals surface area contributed by atoms with Crippen molar-refractivity contribution < 1.29 is 14.3 Å². The molecule has 2 heterocycles. The third-order valence-corrected chi connectivity index (χ3v) is 7.87. The summed E-state index contributed by atoms with van der Waals surface area (Å²) in [6, 6.07) is 17.2. The van der Waals surface area contributed by atoms with E-state index in [1.807, 2.05) is 54.6 Å². The number of hydrogen-bond donors (Lipinski definition) is 1. The Bertz CT molecular complexity index is 1430. The van der Waals surface area contributed by atoms with E-state index in [4.69, 9.17) is 9.72 Å². The maximum Gasteiger partial charge on any atom is 0.341 e. The van der Waals surface area contributed by atoms with Gasteiger partial charge in [0.2, 0.25) is 0 Å². The van der Waals surface area contributed by atoms with Gasteiger partial charge in [-0.1, -0.05) is 53.2 Å². The van der Waals surface area contributed by atoms with Crippen molar-refractivity contribution in [2.24, 2.45) is 5.92 Å². The van der Waals surface area contributed by atoms with Gasteiger partial charge in [-0.2, -0.15) is 0 Å². The molecule has 34 heavy (non-hydrogen) atoms. The zero-order valence-corrected chi connectivity index (χ0v) is 21.3. The lowest BCUT2D eigenvalue weighted by Gasteiger charge is -2.18. The molecule has 5 nitrogen and oxygen atoms in total. The second-order valence-electron chi connectivity index (χ2n) is 8.58. The maximum atomic E-state index is 13.6. The van der Waals surface area contributed by atoms with E-state index in [9.17, 15) is 9.59 Å². The number of pyridine rings is 1. The van der Waals surface area contributed by atoms with Crippen LogP contribution in [0.3, 0.4) is 0 Å². The summed E-state index contributed by atoms with van der Waals surface area (Å²) in [4.78, 5) is 32.2. The van der Waals surface area contributed by atoms with Gasteiger partial charge in [0.05, 0.1) is 29.4 Å². The van der Waals surface area contributed by atoms with Crippen LogP contribution in [0.5, 0.6) is 0 Å². The molecular weight excluding hydrogens is 512 g/mol. The largest absolute Gasteiger partial charge is 0.465 e. The first kappa shape index (κ1) is 22.7. The minimum Gasteiger partial charge on any atom is -0.465 e. The SMILES string of the molecule is COC(=O)c1c(NC(=O)c2cc(-c3cccc(Br)c3)nc3ccccc23)sc2c1CCC(C)C2. The molecule has 0 radical (unpaired) electrons. The van der Waals surface area contributed by atoms with Crippen LogP contribution in [0.1, 0.15) is 44.5 Å². The third kappa shape index (κ3) is 4.26. The number of aromatic nitrogens is 1. The lowest BCUT2D eigenvalue weighted by Crippen LogP contribution is -2.16. The normalized spacial score (nSPS) is 15.1. The van der Waals surface area contributed by atoms with Crippen molar-refractivity contribution in [3.8, 4) is 11.3 Å². The molecule has 0 saturated heterocycles. The van der Waals surface area contributed by atoms with Crippen LogP contribution < -0.4 is 5.32 Å². The summed E-state index contributed by atoms with van der Waals surface area (Å²) in [5.74, 6) is -0.125. The van der Waals surface area contributed by atoms with Crippen LogP contribution in [0, 0.1) is 5.92 Å². The summed E-state index contributed by atoms with van der Waals surface area (Å²) in [5, 5.41) is 4.35. The number of anilines is 1. The van der Waals surface area contributed by atoms with E-state index in [-0.39, 0.29) is 5.91 Å². The van der Waals surface area contributed by atoms with Crippen molar-refractivity contribution in [1.29, 1.82) is 0 Å². The van der Waals surface area contributed by atoms with Gasteiger partial charge in [0.1, 0.15) is 5.00 Å². The van der Waals surface area contributed by atoms with Gasteiger partial charge < -0.3 is 10.1 Å². The molecule has 1 unspecified atom stereocenters. The van der Waals surface area contributed by atoms with Gasteiger partial charge in [0, 0.05) is 20.3 Å². The molecule has 1 aliphatic carbocycles. The van der Waals surface area contributed by atoms with Crippen LogP contribution in [0.15, 0.2) is 59.1 Å². The molecule has 172 valence electrons. The first-order chi connectivity index (χ1) is 16.4. The number of esters is 1. The molecule has 0 aliphatic heterocycles. The van der Waals surface area contributed by atoms with Gasteiger partial charge in [-0.3, -0.25) is 4.79 Å². The summed E-state index contributed by atoms with van der Waals surface area (Å²) < 4.78 is 6.01. The summed E-state index contributed by atoms with van der Waals surface area (Å²) in [7, 11) is 1.38. The highest BCUT2D eigenvalue weighted by Gasteiger charge is 2.29. The standard InChI is InChI=1S/C27H23BrN2O3S/c1-15-10-11-19-23(12-15)34-26(24(19)27(32)33-2)30-25(31)20-14-22(16-6-5-7-17(28)13-16)29-21-9-4-3-8-18(20)21/h3-9,13-15H,10-12H2,1-2H3,(H,30,31). The fraction of sp³-hybridized carbons (Fsp3) is 0.222. The number of nitrogens with zero attached hydrogens (tertiary/aromatic N) is 1. The molecule has 4 aromatic rings. The number of benzene rings is 2. The number of para-hydroxylation sites is 1. The fourth-order valence-electron chi connectivity index (χ4n) is 4.49. The smallest absolute Gasteiger partial charge is 0.341 e. The Morgan fingerprint density at radius 3 is 2.76 bits per heavy atom. The Hall–Kier alpha value is -3.03. The number of fused-ring (bicyclic) bond motifs is 2. The van der Waals surface area contributed by atoms with Crippen LogP contribution in [0.25, 0.3) is 22.2 Å². The van der Waals surface area contributed by atoms with Crippen molar-refractivity contribution in [1.82, 2.24) is 4.98 Å². The minimum atomic E-state index is -0.406. The summed E-state index contributed by atoms with van der Waals surface area (Å²) in [6.07, 6.45) is 2.75. The van der Waals surface area contributed by atoms with Crippen molar-refractivity contribution >= 4 is 55.0 Å². The van der Waals surface area contributed by atoms with Gasteiger partial charge in [-0.05, 0) is 55.0 Å². The highest BCUT2D eigenvalue weighted by Crippen LogP contribution is 2.40. The molecule has 7 heteroatoms. The highest BCUT2D eigenvalue weighted by atomic mass is 79.9. The Balaban J connectivity index is 1.59. The average Bonchev–Trinajstić information content (AvgIpc) is 3.19. The quantitative estimate of drug-likeness (QED) is 0.289. The van der Waals surface area contributed by atoms with Crippen molar-refractivity contribution in [2.75, 3.05) is 12.4 Å². The first-order valence-corrected chi connectivity index (χ1v) is 12.8. The predicted octanol–water partition coefficient (Wildman–Crippen LogP) is 6.89. The topological polar surface area (TPSA) is 68.3 Å². The zero-order valence-electron chi connectivity index (χ0n) is 18.9. The van der Waals surface area contributed by atoms with E-state index >= 15 is 0 Å². The average molecular weight is 535 g/mol. The number of amides is 1. The fourth-order valence-corrected chi connectivity index (χ4v) is 6.28. The van der Waals surface area contributed by atoms with E-state index in [1.165, 1.54) is 18.4 Å². The number of hydrogen-bond acceptors (Lipinski definition) is 5. The second kappa shape index (κ2) is 9.31. The molecular formula is C27H23BrN2O3S. The Morgan fingerprint density at radius 2 is 1.97 bits per heavy atom. The molecule has 0 fully saturated rings. The second-order valence-corrected chi connectivity index (χ2v) is 10.6. The van der Waals surface area contributed by atoms with Gasteiger partial charge in [-0.25, -0.2) is 9.78 Å². The lowest BCUT2D eigenvalue weighted by molar-refractivity contribution is 0.0601. The number of thiophene rings is 1. The zero-order chi connectivity index (χ0) is 23.8. The van der Waals surface area contributed by atoms with Crippen LogP contribution in [-0.2, 0) is 17.6 Å². The number of ether oxygens (including phenoxy) is 1. The minimum absolute atomic E-state index is 0.272. The number of nitrogens with one attached hydrogen (secondary N) is 1. The number of halogens is 1. The van der Waals surface area contributed by atoms with Crippen molar-refractivity contribution in [2.45, 2.75) is 26.2 Å². The first-order valence-electron chi connectivity index (χ1n) is 11.1. The lowest BCUT2D eigenvalue weighted by atomic mass is 9.88.